The van der Waals surface area contributed by atoms with Crippen LogP contribution in [0.3, 0.4) is 0 Å². The molecule has 0 aromatic heterocycles. The first-order valence-corrected chi connectivity index (χ1v) is 5.03. The number of hydrogen-bond acceptors (Lipinski definition) is 2. The summed E-state index contributed by atoms with van der Waals surface area (Å²) in [7, 11) is 0. The van der Waals surface area contributed by atoms with E-state index in [0.29, 0.717) is 0 Å². The molecule has 1 aromatic rings. The molecular formula is C12H17NO2. The zero-order chi connectivity index (χ0) is 11.3. The number of ketones is 1. The highest BCUT2D eigenvalue weighted by Gasteiger charge is 2.14. The Hall–Kier alpha value is -1.64. The van der Waals surface area contributed by atoms with Gasteiger partial charge in [0.05, 0.1) is 6.04 Å². The van der Waals surface area contributed by atoms with Gasteiger partial charge in [-0.05, 0) is 12.5 Å². The third-order valence-electron chi connectivity index (χ3n) is 2.22. The van der Waals surface area contributed by atoms with Gasteiger partial charge < -0.3 is 5.32 Å². The molecule has 1 atom stereocenters. The fraction of sp³-hybridized carbons (Fsp3) is 0.333. The lowest BCUT2D eigenvalue weighted by Gasteiger charge is -2.12. The Bertz CT molecular complexity index is 351. The van der Waals surface area contributed by atoms with Crippen molar-refractivity contribution in [3.8, 4) is 0 Å². The Balaban J connectivity index is 0.00000225. The second kappa shape index (κ2) is 5.29. The van der Waals surface area contributed by atoms with Crippen LogP contribution in [0.2, 0.25) is 0 Å². The smallest absolute Gasteiger partial charge is 0.287 e. The SMILES string of the molecule is CCC(=O)C(=O)NC(C)c1ccccc1.[HH]. The summed E-state index contributed by atoms with van der Waals surface area (Å²) in [6.45, 7) is 3.53. The monoisotopic (exact) mass is 207 g/mol. The third kappa shape index (κ3) is 3.20. The van der Waals surface area contributed by atoms with Crippen molar-refractivity contribution < 1.29 is 11.0 Å². The zero-order valence-corrected chi connectivity index (χ0v) is 8.99. The highest BCUT2D eigenvalue weighted by molar-refractivity contribution is 6.36. The summed E-state index contributed by atoms with van der Waals surface area (Å²) in [6.07, 6.45) is 0.243. The van der Waals surface area contributed by atoms with Crippen molar-refractivity contribution in [1.82, 2.24) is 5.32 Å². The first kappa shape index (κ1) is 11.4. The van der Waals surface area contributed by atoms with Gasteiger partial charge in [0.1, 0.15) is 0 Å². The van der Waals surface area contributed by atoms with E-state index in [1.807, 2.05) is 37.3 Å². The molecular weight excluding hydrogens is 190 g/mol. The average Bonchev–Trinajstić information content (AvgIpc) is 2.29. The molecule has 0 aliphatic heterocycles. The Labute approximate surface area is 91.0 Å². The predicted octanol–water partition coefficient (Wildman–Crippen LogP) is 2.09. The summed E-state index contributed by atoms with van der Waals surface area (Å²) in [5.74, 6) is -0.883. The van der Waals surface area contributed by atoms with Gasteiger partial charge in [0.15, 0.2) is 0 Å². The maximum atomic E-state index is 11.3. The van der Waals surface area contributed by atoms with Crippen LogP contribution >= 0.6 is 0 Å². The fourth-order valence-corrected chi connectivity index (χ4v) is 1.26. The molecule has 0 bridgehead atoms. The van der Waals surface area contributed by atoms with Crippen LogP contribution in [0.4, 0.5) is 0 Å². The molecule has 1 N–H and O–H groups in total. The molecule has 0 saturated heterocycles. The largest absolute Gasteiger partial charge is 0.343 e. The van der Waals surface area contributed by atoms with Crippen LogP contribution in [-0.4, -0.2) is 11.7 Å². The van der Waals surface area contributed by atoms with Crippen LogP contribution in [0.25, 0.3) is 0 Å². The second-order valence-corrected chi connectivity index (χ2v) is 3.38. The predicted molar refractivity (Wildman–Crippen MR) is 60.4 cm³/mol. The maximum absolute atomic E-state index is 11.3. The number of carbonyl (C=O) groups is 2. The molecule has 0 aliphatic rings. The molecule has 1 rings (SSSR count). The lowest BCUT2D eigenvalue weighted by Crippen LogP contribution is -2.32. The molecule has 0 heterocycles. The summed E-state index contributed by atoms with van der Waals surface area (Å²) < 4.78 is 0. The third-order valence-corrected chi connectivity index (χ3v) is 2.22. The number of nitrogens with one attached hydrogen (secondary N) is 1. The first-order valence-electron chi connectivity index (χ1n) is 5.03. The Morgan fingerprint density at radius 2 is 1.93 bits per heavy atom. The van der Waals surface area contributed by atoms with E-state index in [4.69, 9.17) is 0 Å². The van der Waals surface area contributed by atoms with Gasteiger partial charge in [0.25, 0.3) is 5.91 Å². The van der Waals surface area contributed by atoms with Crippen LogP contribution in [-0.2, 0) is 9.59 Å². The van der Waals surface area contributed by atoms with Crippen molar-refractivity contribution in [1.29, 1.82) is 0 Å². The molecule has 15 heavy (non-hydrogen) atoms. The molecule has 1 aromatic carbocycles. The lowest BCUT2D eigenvalue weighted by molar-refractivity contribution is -0.138. The zero-order valence-electron chi connectivity index (χ0n) is 8.99. The highest BCUT2D eigenvalue weighted by atomic mass is 16.2. The number of amides is 1. The van der Waals surface area contributed by atoms with Gasteiger partial charge in [0.2, 0.25) is 5.78 Å². The normalized spacial score (nSPS) is 11.9. The molecule has 0 saturated carbocycles. The molecule has 3 nitrogen and oxygen atoms in total. The van der Waals surface area contributed by atoms with Gasteiger partial charge in [-0.3, -0.25) is 9.59 Å². The van der Waals surface area contributed by atoms with Gasteiger partial charge in [-0.25, -0.2) is 0 Å². The molecule has 0 fully saturated rings. The summed E-state index contributed by atoms with van der Waals surface area (Å²) in [5, 5.41) is 2.66. The van der Waals surface area contributed by atoms with Gasteiger partial charge in [-0.2, -0.15) is 0 Å². The highest BCUT2D eigenvalue weighted by Crippen LogP contribution is 2.10. The Morgan fingerprint density at radius 1 is 1.33 bits per heavy atom. The molecule has 0 aliphatic carbocycles. The molecule has 82 valence electrons. The minimum absolute atomic E-state index is 0. The van der Waals surface area contributed by atoms with Crippen LogP contribution < -0.4 is 5.32 Å². The van der Waals surface area contributed by atoms with Gasteiger partial charge in [0, 0.05) is 7.85 Å². The summed E-state index contributed by atoms with van der Waals surface area (Å²) in [4.78, 5) is 22.4. The molecule has 1 unspecified atom stereocenters. The van der Waals surface area contributed by atoms with Crippen molar-refractivity contribution in [2.45, 2.75) is 26.3 Å². The van der Waals surface area contributed by atoms with Crippen LogP contribution in [0.5, 0.6) is 0 Å². The van der Waals surface area contributed by atoms with Crippen molar-refractivity contribution >= 4 is 11.7 Å². The number of rotatable bonds is 4. The van der Waals surface area contributed by atoms with Crippen molar-refractivity contribution in [2.75, 3.05) is 0 Å². The molecule has 3 heteroatoms. The average molecular weight is 207 g/mol. The van der Waals surface area contributed by atoms with Crippen molar-refractivity contribution in [3.05, 3.63) is 35.9 Å². The number of hydrogen-bond donors (Lipinski definition) is 1. The van der Waals surface area contributed by atoms with E-state index in [1.165, 1.54) is 0 Å². The topological polar surface area (TPSA) is 46.2 Å². The van der Waals surface area contributed by atoms with Crippen LogP contribution in [0.15, 0.2) is 30.3 Å². The van der Waals surface area contributed by atoms with Crippen LogP contribution in [0.1, 0.15) is 33.3 Å². The molecule has 0 radical (unpaired) electrons. The standard InChI is InChI=1S/C12H15NO2.H2/c1-3-11(14)12(15)13-9(2)10-7-5-4-6-8-10;/h4-9H,3H2,1-2H3,(H,13,15);1H. The van der Waals surface area contributed by atoms with Gasteiger partial charge >= 0.3 is 0 Å². The number of benzene rings is 1. The summed E-state index contributed by atoms with van der Waals surface area (Å²) in [5.41, 5.74) is 0.995. The molecule has 1 amide bonds. The van der Waals surface area contributed by atoms with E-state index in [-0.39, 0.29) is 19.7 Å². The number of carbonyl (C=O) groups excluding carboxylic acids is 2. The van der Waals surface area contributed by atoms with Crippen LogP contribution in [0, 0.1) is 0 Å². The Morgan fingerprint density at radius 3 is 2.47 bits per heavy atom. The minimum atomic E-state index is -0.506. The second-order valence-electron chi connectivity index (χ2n) is 3.38. The van der Waals surface area contributed by atoms with E-state index in [1.54, 1.807) is 6.92 Å². The summed E-state index contributed by atoms with van der Waals surface area (Å²) in [6, 6.07) is 9.42. The van der Waals surface area contributed by atoms with E-state index in [0.717, 1.165) is 5.56 Å². The minimum Gasteiger partial charge on any atom is -0.343 e. The van der Waals surface area contributed by atoms with Gasteiger partial charge in [-0.1, -0.05) is 37.3 Å². The van der Waals surface area contributed by atoms with Crippen molar-refractivity contribution in [2.24, 2.45) is 0 Å². The van der Waals surface area contributed by atoms with E-state index >= 15 is 0 Å². The lowest BCUT2D eigenvalue weighted by atomic mass is 10.1. The molecule has 0 spiro atoms. The van der Waals surface area contributed by atoms with Gasteiger partial charge in [-0.15, -0.1) is 0 Å². The van der Waals surface area contributed by atoms with E-state index in [2.05, 4.69) is 5.32 Å². The first-order chi connectivity index (χ1) is 7.15. The maximum Gasteiger partial charge on any atom is 0.287 e. The summed E-state index contributed by atoms with van der Waals surface area (Å²) >= 11 is 0. The van der Waals surface area contributed by atoms with E-state index < -0.39 is 5.91 Å². The van der Waals surface area contributed by atoms with Crippen molar-refractivity contribution in [3.63, 3.8) is 0 Å². The van der Waals surface area contributed by atoms with E-state index in [9.17, 15) is 9.59 Å². The number of Topliss-reactive ketones (excluding diaryl/α,β-unsaturated/α-hetero) is 1. The fourth-order valence-electron chi connectivity index (χ4n) is 1.26. The quantitative estimate of drug-likeness (QED) is 0.768. The Kier molecular flexibility index (Phi) is 4.03.